The van der Waals surface area contributed by atoms with Gasteiger partial charge >= 0.3 is 0 Å². The van der Waals surface area contributed by atoms with E-state index in [4.69, 9.17) is 11.6 Å². The van der Waals surface area contributed by atoms with E-state index in [-0.39, 0.29) is 10.9 Å². The molecule has 1 heterocycles. The Balaban J connectivity index is 1.76. The van der Waals surface area contributed by atoms with E-state index in [1.54, 1.807) is 0 Å². The molecule has 0 bridgehead atoms. The Bertz CT molecular complexity index is 797. The minimum absolute atomic E-state index is 0.0713. The molecule has 1 aliphatic rings. The third-order valence-electron chi connectivity index (χ3n) is 4.54. The van der Waals surface area contributed by atoms with Crippen LogP contribution in [0.5, 0.6) is 0 Å². The van der Waals surface area contributed by atoms with E-state index in [0.29, 0.717) is 17.3 Å². The maximum Gasteiger partial charge on any atom is 0.234 e. The van der Waals surface area contributed by atoms with E-state index in [2.05, 4.69) is 17.6 Å². The fraction of sp³-hybridized carbons (Fsp3) is 0.316. The molecular formula is C19H20ClFN2O2. The van der Waals surface area contributed by atoms with Crippen LogP contribution in [0.3, 0.4) is 0 Å². The van der Waals surface area contributed by atoms with Crippen LogP contribution < -0.4 is 10.6 Å². The zero-order valence-corrected chi connectivity index (χ0v) is 14.6. The van der Waals surface area contributed by atoms with E-state index in [1.165, 1.54) is 18.2 Å². The lowest BCUT2D eigenvalue weighted by atomic mass is 9.98. The summed E-state index contributed by atoms with van der Waals surface area (Å²) in [6.07, 6.45) is 1.96. The summed E-state index contributed by atoms with van der Waals surface area (Å²) < 4.78 is 13.3. The van der Waals surface area contributed by atoms with Crippen molar-refractivity contribution in [2.45, 2.75) is 31.7 Å². The first-order chi connectivity index (χ1) is 12.0. The standard InChI is InChI=1S/C19H20ClFN2O2/c1-2-13-7-12-8-14(4-6-18(12)22-13)23-19(25)15(10-24)11-3-5-17(21)16(20)9-11/h3-6,8-9,13,15,22,24H,2,7,10H2,1H3,(H,23,25). The Kier molecular flexibility index (Phi) is 5.25. The molecule has 3 N–H and O–H groups in total. The molecule has 2 aromatic rings. The minimum atomic E-state index is -0.812. The highest BCUT2D eigenvalue weighted by Crippen LogP contribution is 2.30. The molecule has 0 aromatic heterocycles. The van der Waals surface area contributed by atoms with Crippen molar-refractivity contribution >= 4 is 28.9 Å². The molecule has 0 aliphatic carbocycles. The molecule has 1 amide bonds. The van der Waals surface area contributed by atoms with Crippen molar-refractivity contribution < 1.29 is 14.3 Å². The van der Waals surface area contributed by atoms with Crippen LogP contribution in [-0.4, -0.2) is 23.7 Å². The van der Waals surface area contributed by atoms with Crippen molar-refractivity contribution in [1.82, 2.24) is 0 Å². The zero-order valence-electron chi connectivity index (χ0n) is 13.9. The summed E-state index contributed by atoms with van der Waals surface area (Å²) in [5.74, 6) is -1.73. The highest BCUT2D eigenvalue weighted by molar-refractivity contribution is 6.30. The molecule has 0 spiro atoms. The first-order valence-corrected chi connectivity index (χ1v) is 8.65. The van der Waals surface area contributed by atoms with Crippen molar-refractivity contribution in [3.8, 4) is 0 Å². The number of hydrogen-bond acceptors (Lipinski definition) is 3. The van der Waals surface area contributed by atoms with E-state index in [9.17, 15) is 14.3 Å². The molecule has 25 heavy (non-hydrogen) atoms. The van der Waals surface area contributed by atoms with Crippen molar-refractivity contribution in [1.29, 1.82) is 0 Å². The molecule has 132 valence electrons. The normalized spacial score (nSPS) is 16.9. The highest BCUT2D eigenvalue weighted by atomic mass is 35.5. The van der Waals surface area contributed by atoms with E-state index in [0.717, 1.165) is 24.1 Å². The first kappa shape index (κ1) is 17.7. The number of rotatable bonds is 5. The summed E-state index contributed by atoms with van der Waals surface area (Å²) >= 11 is 5.78. The average molecular weight is 363 g/mol. The number of carbonyl (C=O) groups excluding carboxylic acids is 1. The lowest BCUT2D eigenvalue weighted by molar-refractivity contribution is -0.118. The molecule has 0 fully saturated rings. The van der Waals surface area contributed by atoms with Crippen molar-refractivity contribution in [3.05, 3.63) is 58.4 Å². The molecule has 4 nitrogen and oxygen atoms in total. The maximum absolute atomic E-state index is 13.3. The van der Waals surface area contributed by atoms with Crippen molar-refractivity contribution in [3.63, 3.8) is 0 Å². The van der Waals surface area contributed by atoms with Gasteiger partial charge in [-0.25, -0.2) is 4.39 Å². The molecule has 2 unspecified atom stereocenters. The lowest BCUT2D eigenvalue weighted by Crippen LogP contribution is -2.24. The Morgan fingerprint density at radius 2 is 2.20 bits per heavy atom. The first-order valence-electron chi connectivity index (χ1n) is 8.28. The SMILES string of the molecule is CCC1Cc2cc(NC(=O)C(CO)c3ccc(F)c(Cl)c3)ccc2N1. The second-order valence-corrected chi connectivity index (χ2v) is 6.63. The van der Waals surface area contributed by atoms with Crippen LogP contribution in [0.25, 0.3) is 0 Å². The predicted molar refractivity (Wildman–Crippen MR) is 97.7 cm³/mol. The van der Waals surface area contributed by atoms with Gasteiger partial charge in [0, 0.05) is 17.4 Å². The molecule has 0 radical (unpaired) electrons. The number of nitrogens with one attached hydrogen (secondary N) is 2. The summed E-state index contributed by atoms with van der Waals surface area (Å²) in [4.78, 5) is 12.5. The Hall–Kier alpha value is -2.11. The lowest BCUT2D eigenvalue weighted by Gasteiger charge is -2.16. The van der Waals surface area contributed by atoms with Crippen LogP contribution in [0.2, 0.25) is 5.02 Å². The van der Waals surface area contributed by atoms with Gasteiger partial charge < -0.3 is 15.7 Å². The van der Waals surface area contributed by atoms with Crippen molar-refractivity contribution in [2.24, 2.45) is 0 Å². The van der Waals surface area contributed by atoms with Crippen LogP contribution >= 0.6 is 11.6 Å². The smallest absolute Gasteiger partial charge is 0.234 e. The number of fused-ring (bicyclic) bond motifs is 1. The largest absolute Gasteiger partial charge is 0.395 e. The summed E-state index contributed by atoms with van der Waals surface area (Å²) in [7, 11) is 0. The van der Waals surface area contributed by atoms with Crippen LogP contribution in [0.1, 0.15) is 30.4 Å². The van der Waals surface area contributed by atoms with Gasteiger partial charge in [-0.3, -0.25) is 4.79 Å². The fourth-order valence-electron chi connectivity index (χ4n) is 3.06. The number of anilines is 2. The molecular weight excluding hydrogens is 343 g/mol. The van der Waals surface area contributed by atoms with Crippen molar-refractivity contribution in [2.75, 3.05) is 17.2 Å². The summed E-state index contributed by atoms with van der Waals surface area (Å²) in [6, 6.07) is 10.2. The number of carbonyl (C=O) groups is 1. The summed E-state index contributed by atoms with van der Waals surface area (Å²) in [5, 5.41) is 15.8. The number of hydrogen-bond donors (Lipinski definition) is 3. The topological polar surface area (TPSA) is 61.4 Å². The molecule has 2 atom stereocenters. The number of aliphatic hydroxyl groups excluding tert-OH is 1. The molecule has 1 aliphatic heterocycles. The van der Waals surface area contributed by atoms with Gasteiger partial charge in [-0.1, -0.05) is 24.6 Å². The molecule has 0 saturated carbocycles. The van der Waals surface area contributed by atoms with E-state index >= 15 is 0 Å². The summed E-state index contributed by atoms with van der Waals surface area (Å²) in [6.45, 7) is 1.74. The third kappa shape index (κ3) is 3.78. The minimum Gasteiger partial charge on any atom is -0.395 e. The van der Waals surface area contributed by atoms with E-state index in [1.807, 2.05) is 18.2 Å². The van der Waals surface area contributed by atoms with Gasteiger partial charge in [-0.15, -0.1) is 0 Å². The van der Waals surface area contributed by atoms with Gasteiger partial charge in [0.15, 0.2) is 0 Å². The van der Waals surface area contributed by atoms with E-state index < -0.39 is 18.3 Å². The number of halogens is 2. The predicted octanol–water partition coefficient (Wildman–Crippen LogP) is 3.94. The second kappa shape index (κ2) is 7.42. The number of benzene rings is 2. The van der Waals surface area contributed by atoms with Gasteiger partial charge in [0.1, 0.15) is 5.82 Å². The molecule has 0 saturated heterocycles. The van der Waals surface area contributed by atoms with Gasteiger partial charge in [0.25, 0.3) is 0 Å². The van der Waals surface area contributed by atoms with Gasteiger partial charge in [-0.05, 0) is 54.3 Å². The third-order valence-corrected chi connectivity index (χ3v) is 4.83. The van der Waals surface area contributed by atoms with Gasteiger partial charge in [0.2, 0.25) is 5.91 Å². The second-order valence-electron chi connectivity index (χ2n) is 6.22. The number of aliphatic hydroxyl groups is 1. The van der Waals surface area contributed by atoms with Crippen LogP contribution in [-0.2, 0) is 11.2 Å². The highest BCUT2D eigenvalue weighted by Gasteiger charge is 2.23. The molecule has 3 rings (SSSR count). The monoisotopic (exact) mass is 362 g/mol. The van der Waals surface area contributed by atoms with Crippen LogP contribution in [0.4, 0.5) is 15.8 Å². The van der Waals surface area contributed by atoms with Gasteiger partial charge in [-0.2, -0.15) is 0 Å². The fourth-order valence-corrected chi connectivity index (χ4v) is 3.25. The van der Waals surface area contributed by atoms with Crippen LogP contribution in [0, 0.1) is 5.82 Å². The molecule has 2 aromatic carbocycles. The Labute approximate surface area is 151 Å². The van der Waals surface area contributed by atoms with Crippen LogP contribution in [0.15, 0.2) is 36.4 Å². The molecule has 6 heteroatoms. The quantitative estimate of drug-likeness (QED) is 0.755. The van der Waals surface area contributed by atoms with Gasteiger partial charge in [0.05, 0.1) is 17.5 Å². The zero-order chi connectivity index (χ0) is 18.0. The summed E-state index contributed by atoms with van der Waals surface area (Å²) in [5.41, 5.74) is 3.40. The Morgan fingerprint density at radius 3 is 2.88 bits per heavy atom. The Morgan fingerprint density at radius 1 is 1.40 bits per heavy atom. The average Bonchev–Trinajstić information content (AvgIpc) is 3.01. The number of amides is 1. The maximum atomic E-state index is 13.3.